The highest BCUT2D eigenvalue weighted by Crippen LogP contribution is 2.66. The second kappa shape index (κ2) is 3.00. The molecule has 0 aromatic heterocycles. The number of alkyl halides is 2. The highest BCUT2D eigenvalue weighted by atomic mass is 79.9. The van der Waals surface area contributed by atoms with Crippen molar-refractivity contribution in [3.63, 3.8) is 0 Å². The molecule has 4 saturated carbocycles. The molecule has 0 saturated heterocycles. The summed E-state index contributed by atoms with van der Waals surface area (Å²) < 4.78 is 0.527. The van der Waals surface area contributed by atoms with E-state index in [1.54, 1.807) is 0 Å². The summed E-state index contributed by atoms with van der Waals surface area (Å²) in [6.45, 7) is 2.36. The van der Waals surface area contributed by atoms with Crippen molar-refractivity contribution in [2.75, 3.05) is 0 Å². The van der Waals surface area contributed by atoms with Gasteiger partial charge in [-0.3, -0.25) is 0 Å². The van der Waals surface area contributed by atoms with Crippen molar-refractivity contribution in [3.05, 3.63) is 0 Å². The third-order valence-electron chi connectivity index (χ3n) is 4.88. The van der Waals surface area contributed by atoms with Gasteiger partial charge in [0.15, 0.2) is 0 Å². The molecule has 4 bridgehead atoms. The van der Waals surface area contributed by atoms with Crippen molar-refractivity contribution < 1.29 is 0 Å². The van der Waals surface area contributed by atoms with Crippen LogP contribution < -0.4 is 0 Å². The van der Waals surface area contributed by atoms with Gasteiger partial charge in [-0.05, 0) is 55.8 Å². The van der Waals surface area contributed by atoms with Gasteiger partial charge in [0.2, 0.25) is 0 Å². The highest BCUT2D eigenvalue weighted by molar-refractivity contribution is 9.10. The Morgan fingerprint density at radius 3 is 2.14 bits per heavy atom. The quantitative estimate of drug-likeness (QED) is 0.624. The van der Waals surface area contributed by atoms with Crippen molar-refractivity contribution in [1.82, 2.24) is 0 Å². The van der Waals surface area contributed by atoms with Gasteiger partial charge < -0.3 is 0 Å². The maximum absolute atomic E-state index is 4.04. The second-order valence-corrected chi connectivity index (χ2v) is 9.15. The van der Waals surface area contributed by atoms with Gasteiger partial charge in [0.1, 0.15) is 0 Å². The lowest BCUT2D eigenvalue weighted by Crippen LogP contribution is -2.55. The zero-order chi connectivity index (χ0) is 9.97. The monoisotopic (exact) mass is 320 g/mol. The Balaban J connectivity index is 1.96. The fourth-order valence-electron chi connectivity index (χ4n) is 4.69. The predicted octanol–water partition coefficient (Wildman–Crippen LogP) is 4.50. The first-order valence-corrected chi connectivity index (χ1v) is 7.55. The largest absolute Gasteiger partial charge is 0.0888 e. The zero-order valence-corrected chi connectivity index (χ0v) is 11.9. The molecule has 14 heavy (non-hydrogen) atoms. The molecule has 4 rings (SSSR count). The molecule has 3 unspecified atom stereocenters. The molecule has 0 radical (unpaired) electrons. The molecular weight excluding hydrogens is 304 g/mol. The lowest BCUT2D eigenvalue weighted by atomic mass is 9.49. The molecule has 3 atom stereocenters. The highest BCUT2D eigenvalue weighted by Gasteiger charge is 2.57. The van der Waals surface area contributed by atoms with Crippen LogP contribution in [0.5, 0.6) is 0 Å². The van der Waals surface area contributed by atoms with E-state index in [0.29, 0.717) is 14.6 Å². The fraction of sp³-hybridized carbons (Fsp3) is 1.00. The lowest BCUT2D eigenvalue weighted by Gasteiger charge is -2.61. The van der Waals surface area contributed by atoms with Gasteiger partial charge in [0.05, 0.1) is 0 Å². The molecule has 4 aliphatic carbocycles. The van der Waals surface area contributed by atoms with E-state index in [1.807, 2.05) is 0 Å². The van der Waals surface area contributed by atoms with E-state index in [2.05, 4.69) is 38.8 Å². The van der Waals surface area contributed by atoms with Crippen LogP contribution in [0.15, 0.2) is 0 Å². The SMILES string of the molecule is CC(Br)C12CC3CC(CC(Br)(C3)C1)C2. The molecule has 0 nitrogen and oxygen atoms in total. The minimum atomic E-state index is 0.527. The molecule has 0 N–H and O–H groups in total. The summed E-state index contributed by atoms with van der Waals surface area (Å²) in [6, 6.07) is 0. The minimum Gasteiger partial charge on any atom is -0.0888 e. The Kier molecular flexibility index (Phi) is 2.17. The molecule has 4 fully saturated rings. The molecule has 0 aromatic rings. The molecule has 0 amide bonds. The number of rotatable bonds is 1. The Bertz CT molecular complexity index is 245. The molecule has 0 aliphatic heterocycles. The first-order valence-electron chi connectivity index (χ1n) is 5.84. The van der Waals surface area contributed by atoms with Crippen LogP contribution >= 0.6 is 31.9 Å². The third kappa shape index (κ3) is 1.36. The summed E-state index contributed by atoms with van der Waals surface area (Å²) in [7, 11) is 0. The summed E-state index contributed by atoms with van der Waals surface area (Å²) in [5, 5.41) is 0. The minimum absolute atomic E-state index is 0.527. The molecule has 4 aliphatic rings. The first-order chi connectivity index (χ1) is 6.51. The standard InChI is InChI=1S/C12H18Br2/c1-8(13)11-3-9-2-10(4-11)6-12(14,5-9)7-11/h8-10H,2-7H2,1H3. The van der Waals surface area contributed by atoms with Crippen LogP contribution in [-0.4, -0.2) is 9.15 Å². The molecule has 80 valence electrons. The summed E-state index contributed by atoms with van der Waals surface area (Å²) in [6.07, 6.45) is 8.82. The van der Waals surface area contributed by atoms with E-state index in [0.717, 1.165) is 11.8 Å². The van der Waals surface area contributed by atoms with Crippen LogP contribution in [0.4, 0.5) is 0 Å². The molecule has 0 heterocycles. The van der Waals surface area contributed by atoms with E-state index in [-0.39, 0.29) is 0 Å². The van der Waals surface area contributed by atoms with E-state index < -0.39 is 0 Å². The number of halogens is 2. The predicted molar refractivity (Wildman–Crippen MR) is 67.2 cm³/mol. The van der Waals surface area contributed by atoms with Gasteiger partial charge in [-0.15, -0.1) is 0 Å². The summed E-state index contributed by atoms with van der Waals surface area (Å²) >= 11 is 7.91. The number of hydrogen-bond acceptors (Lipinski definition) is 0. The van der Waals surface area contributed by atoms with Gasteiger partial charge in [0.25, 0.3) is 0 Å². The van der Waals surface area contributed by atoms with Crippen molar-refractivity contribution in [1.29, 1.82) is 0 Å². The van der Waals surface area contributed by atoms with E-state index >= 15 is 0 Å². The Labute approximate surface area is 103 Å². The molecule has 0 spiro atoms. The van der Waals surface area contributed by atoms with Crippen LogP contribution in [0.1, 0.15) is 45.4 Å². The smallest absolute Gasteiger partial charge is 0.0269 e. The average molecular weight is 322 g/mol. The summed E-state index contributed by atoms with van der Waals surface area (Å²) in [5.74, 6) is 2.05. The van der Waals surface area contributed by atoms with Crippen molar-refractivity contribution in [3.8, 4) is 0 Å². The molecule has 0 aromatic carbocycles. The van der Waals surface area contributed by atoms with Crippen LogP contribution in [0.2, 0.25) is 0 Å². The van der Waals surface area contributed by atoms with Crippen molar-refractivity contribution in [2.24, 2.45) is 17.3 Å². The zero-order valence-electron chi connectivity index (χ0n) is 8.73. The maximum atomic E-state index is 4.04. The van der Waals surface area contributed by atoms with Gasteiger partial charge in [-0.2, -0.15) is 0 Å². The lowest BCUT2D eigenvalue weighted by molar-refractivity contribution is -0.0322. The van der Waals surface area contributed by atoms with Crippen molar-refractivity contribution in [2.45, 2.75) is 54.6 Å². The van der Waals surface area contributed by atoms with E-state index in [1.165, 1.54) is 38.5 Å². The molecular formula is C12H18Br2. The van der Waals surface area contributed by atoms with Crippen molar-refractivity contribution >= 4 is 31.9 Å². The van der Waals surface area contributed by atoms with Gasteiger partial charge >= 0.3 is 0 Å². The normalized spacial score (nSPS) is 57.6. The summed E-state index contributed by atoms with van der Waals surface area (Å²) in [4.78, 5) is 0.706. The first kappa shape index (κ1) is 10.1. The van der Waals surface area contributed by atoms with Crippen LogP contribution in [0.3, 0.4) is 0 Å². The van der Waals surface area contributed by atoms with Crippen LogP contribution in [0, 0.1) is 17.3 Å². The molecule has 2 heteroatoms. The van der Waals surface area contributed by atoms with Crippen LogP contribution in [-0.2, 0) is 0 Å². The average Bonchev–Trinajstić information content (AvgIpc) is 1.98. The van der Waals surface area contributed by atoms with Gasteiger partial charge in [-0.1, -0.05) is 38.8 Å². The fourth-order valence-corrected chi connectivity index (χ4v) is 6.70. The third-order valence-corrected chi connectivity index (χ3v) is 6.78. The van der Waals surface area contributed by atoms with Gasteiger partial charge in [0, 0.05) is 9.15 Å². The second-order valence-electron chi connectivity index (χ2n) is 6.09. The maximum Gasteiger partial charge on any atom is 0.0269 e. The Morgan fingerprint density at radius 2 is 1.71 bits per heavy atom. The van der Waals surface area contributed by atoms with E-state index in [9.17, 15) is 0 Å². The van der Waals surface area contributed by atoms with Crippen LogP contribution in [0.25, 0.3) is 0 Å². The van der Waals surface area contributed by atoms with Gasteiger partial charge in [-0.25, -0.2) is 0 Å². The van der Waals surface area contributed by atoms with E-state index in [4.69, 9.17) is 0 Å². The Hall–Kier alpha value is 0.960. The summed E-state index contributed by atoms with van der Waals surface area (Å²) in [5.41, 5.74) is 0.633. The Morgan fingerprint density at radius 1 is 1.14 bits per heavy atom. The topological polar surface area (TPSA) is 0 Å². The number of hydrogen-bond donors (Lipinski definition) is 0.